The molecule has 2 heterocycles. The van der Waals surface area contributed by atoms with Crippen LogP contribution in [0.25, 0.3) is 11.5 Å². The predicted octanol–water partition coefficient (Wildman–Crippen LogP) is 1.88. The van der Waals surface area contributed by atoms with E-state index in [1.54, 1.807) is 7.11 Å². The maximum atomic E-state index is 11.7. The van der Waals surface area contributed by atoms with Crippen molar-refractivity contribution < 1.29 is 17.6 Å². The molecular formula is C15H19N3O4S. The normalized spacial score (nSPS) is 19.7. The summed E-state index contributed by atoms with van der Waals surface area (Å²) in [5, 5.41) is 8.19. The van der Waals surface area contributed by atoms with E-state index in [4.69, 9.17) is 9.15 Å². The lowest BCUT2D eigenvalue weighted by Gasteiger charge is -2.28. The third kappa shape index (κ3) is 3.53. The summed E-state index contributed by atoms with van der Waals surface area (Å²) >= 11 is 0. The fraction of sp³-hybridized carbons (Fsp3) is 0.467. The van der Waals surface area contributed by atoms with E-state index >= 15 is 0 Å². The predicted molar refractivity (Wildman–Crippen MR) is 84.7 cm³/mol. The van der Waals surface area contributed by atoms with Gasteiger partial charge in [0.15, 0.2) is 0 Å². The Bertz CT molecular complexity index is 788. The molecule has 0 amide bonds. The Morgan fingerprint density at radius 2 is 2.17 bits per heavy atom. The average molecular weight is 337 g/mol. The molecule has 0 N–H and O–H groups in total. The first kappa shape index (κ1) is 15.9. The molecule has 3 rings (SSSR count). The summed E-state index contributed by atoms with van der Waals surface area (Å²) in [7, 11) is -1.60. The first-order chi connectivity index (χ1) is 11.0. The Kier molecular flexibility index (Phi) is 4.36. The first-order valence-electron chi connectivity index (χ1n) is 7.40. The molecule has 0 saturated carbocycles. The number of aromatic nitrogens is 2. The van der Waals surface area contributed by atoms with Gasteiger partial charge in [0.25, 0.3) is 0 Å². The molecule has 1 unspecified atom stereocenters. The van der Waals surface area contributed by atoms with Crippen molar-refractivity contribution in [3.8, 4) is 17.2 Å². The second kappa shape index (κ2) is 6.29. The van der Waals surface area contributed by atoms with Crippen LogP contribution in [-0.4, -0.2) is 49.4 Å². The highest BCUT2D eigenvalue weighted by Crippen LogP contribution is 2.30. The molecule has 0 spiro atoms. The van der Waals surface area contributed by atoms with E-state index < -0.39 is 10.0 Å². The Morgan fingerprint density at radius 3 is 2.91 bits per heavy atom. The minimum absolute atomic E-state index is 0.0645. The molecule has 1 aromatic heterocycles. The molecule has 0 bridgehead atoms. The Hall–Kier alpha value is -1.93. The van der Waals surface area contributed by atoms with Gasteiger partial charge in [-0.1, -0.05) is 6.07 Å². The summed E-state index contributed by atoms with van der Waals surface area (Å²) in [6.07, 6.45) is 2.85. The van der Waals surface area contributed by atoms with Crippen LogP contribution >= 0.6 is 0 Å². The van der Waals surface area contributed by atoms with Crippen LogP contribution in [0.1, 0.15) is 24.7 Å². The number of hydrogen-bond acceptors (Lipinski definition) is 6. The topological polar surface area (TPSA) is 85.5 Å². The molecule has 0 radical (unpaired) electrons. The van der Waals surface area contributed by atoms with E-state index in [1.165, 1.54) is 10.6 Å². The average Bonchev–Trinajstić information content (AvgIpc) is 3.04. The fourth-order valence-electron chi connectivity index (χ4n) is 2.72. The molecule has 1 atom stereocenters. The monoisotopic (exact) mass is 337 g/mol. The molecule has 2 aromatic rings. The lowest BCUT2D eigenvalue weighted by atomic mass is 10.00. The highest BCUT2D eigenvalue weighted by Gasteiger charge is 2.30. The molecule has 1 saturated heterocycles. The maximum absolute atomic E-state index is 11.7. The minimum atomic E-state index is -3.19. The summed E-state index contributed by atoms with van der Waals surface area (Å²) in [5.41, 5.74) is 0.777. The van der Waals surface area contributed by atoms with E-state index in [0.29, 0.717) is 30.6 Å². The highest BCUT2D eigenvalue weighted by molar-refractivity contribution is 7.88. The van der Waals surface area contributed by atoms with Gasteiger partial charge in [0, 0.05) is 18.7 Å². The Morgan fingerprint density at radius 1 is 1.35 bits per heavy atom. The number of rotatable bonds is 4. The Balaban J connectivity index is 1.81. The molecule has 23 heavy (non-hydrogen) atoms. The lowest BCUT2D eigenvalue weighted by molar-refractivity contribution is 0.287. The third-order valence-corrected chi connectivity index (χ3v) is 5.23. The molecule has 0 aliphatic carbocycles. The summed E-state index contributed by atoms with van der Waals surface area (Å²) in [4.78, 5) is 0. The minimum Gasteiger partial charge on any atom is -0.497 e. The van der Waals surface area contributed by atoms with Crippen LogP contribution in [0.5, 0.6) is 5.75 Å². The van der Waals surface area contributed by atoms with E-state index in [1.807, 2.05) is 24.3 Å². The maximum Gasteiger partial charge on any atom is 0.247 e. The van der Waals surface area contributed by atoms with Crippen molar-refractivity contribution in [1.29, 1.82) is 0 Å². The number of sulfonamides is 1. The van der Waals surface area contributed by atoms with Crippen LogP contribution in [0, 0.1) is 0 Å². The van der Waals surface area contributed by atoms with Gasteiger partial charge in [-0.15, -0.1) is 10.2 Å². The molecule has 7 nitrogen and oxygen atoms in total. The molecule has 124 valence electrons. The van der Waals surface area contributed by atoms with Gasteiger partial charge >= 0.3 is 0 Å². The van der Waals surface area contributed by atoms with Crippen molar-refractivity contribution in [2.24, 2.45) is 0 Å². The van der Waals surface area contributed by atoms with E-state index in [9.17, 15) is 8.42 Å². The van der Waals surface area contributed by atoms with Gasteiger partial charge in [0.2, 0.25) is 21.8 Å². The zero-order chi connectivity index (χ0) is 16.4. The molecular weight excluding hydrogens is 318 g/mol. The fourth-order valence-corrected chi connectivity index (χ4v) is 3.63. The molecule has 1 aromatic carbocycles. The first-order valence-corrected chi connectivity index (χ1v) is 9.25. The standard InChI is InChI=1S/C15H19N3O4S/c1-21-13-7-3-5-11(9-13)14-16-17-15(22-14)12-6-4-8-18(10-12)23(2,19)20/h3,5,7,9,12H,4,6,8,10H2,1-2H3. The summed E-state index contributed by atoms with van der Waals surface area (Å²) < 4.78 is 35.8. The summed E-state index contributed by atoms with van der Waals surface area (Å²) in [6.45, 7) is 0.935. The van der Waals surface area contributed by atoms with E-state index in [-0.39, 0.29) is 5.92 Å². The van der Waals surface area contributed by atoms with Gasteiger partial charge in [-0.05, 0) is 31.0 Å². The van der Waals surface area contributed by atoms with Crippen LogP contribution in [0.3, 0.4) is 0 Å². The summed E-state index contributed by atoms with van der Waals surface area (Å²) in [5.74, 6) is 1.54. The highest BCUT2D eigenvalue weighted by atomic mass is 32.2. The molecule has 1 fully saturated rings. The molecule has 1 aliphatic heterocycles. The number of ether oxygens (including phenoxy) is 1. The third-order valence-electron chi connectivity index (χ3n) is 3.96. The number of benzene rings is 1. The van der Waals surface area contributed by atoms with Gasteiger partial charge in [-0.2, -0.15) is 0 Å². The SMILES string of the molecule is COc1cccc(-c2nnc(C3CCCN(S(C)(=O)=O)C3)o2)c1. The zero-order valence-electron chi connectivity index (χ0n) is 13.1. The van der Waals surface area contributed by atoms with E-state index in [0.717, 1.165) is 18.4 Å². The van der Waals surface area contributed by atoms with Crippen molar-refractivity contribution >= 4 is 10.0 Å². The number of hydrogen-bond donors (Lipinski definition) is 0. The molecule has 1 aliphatic rings. The van der Waals surface area contributed by atoms with Crippen LogP contribution in [-0.2, 0) is 10.0 Å². The van der Waals surface area contributed by atoms with Crippen molar-refractivity contribution in [2.75, 3.05) is 26.5 Å². The molecule has 8 heteroatoms. The second-order valence-corrected chi connectivity index (χ2v) is 7.62. The summed E-state index contributed by atoms with van der Waals surface area (Å²) in [6, 6.07) is 7.38. The number of nitrogens with zero attached hydrogens (tertiary/aromatic N) is 3. The van der Waals surface area contributed by atoms with Crippen LogP contribution in [0.2, 0.25) is 0 Å². The second-order valence-electron chi connectivity index (χ2n) is 5.64. The van der Waals surface area contributed by atoms with Gasteiger partial charge in [0.1, 0.15) is 5.75 Å². The van der Waals surface area contributed by atoms with Crippen LogP contribution < -0.4 is 4.74 Å². The number of piperidine rings is 1. The van der Waals surface area contributed by atoms with Crippen LogP contribution in [0.4, 0.5) is 0 Å². The van der Waals surface area contributed by atoms with Crippen molar-refractivity contribution in [1.82, 2.24) is 14.5 Å². The van der Waals surface area contributed by atoms with Gasteiger partial charge in [0.05, 0.1) is 19.3 Å². The van der Waals surface area contributed by atoms with Crippen molar-refractivity contribution in [2.45, 2.75) is 18.8 Å². The largest absolute Gasteiger partial charge is 0.497 e. The van der Waals surface area contributed by atoms with Crippen LogP contribution in [0.15, 0.2) is 28.7 Å². The quantitative estimate of drug-likeness (QED) is 0.847. The zero-order valence-corrected chi connectivity index (χ0v) is 13.9. The van der Waals surface area contributed by atoms with Gasteiger partial charge < -0.3 is 9.15 Å². The smallest absolute Gasteiger partial charge is 0.247 e. The van der Waals surface area contributed by atoms with E-state index in [2.05, 4.69) is 10.2 Å². The van der Waals surface area contributed by atoms with Crippen molar-refractivity contribution in [3.05, 3.63) is 30.2 Å². The van der Waals surface area contributed by atoms with Crippen molar-refractivity contribution in [3.63, 3.8) is 0 Å². The number of methoxy groups -OCH3 is 1. The Labute approximate surface area is 135 Å². The van der Waals surface area contributed by atoms with Gasteiger partial charge in [-0.25, -0.2) is 12.7 Å². The lowest BCUT2D eigenvalue weighted by Crippen LogP contribution is -2.38. The van der Waals surface area contributed by atoms with Gasteiger partial charge in [-0.3, -0.25) is 0 Å².